The zero-order valence-corrected chi connectivity index (χ0v) is 40.6. The van der Waals surface area contributed by atoms with Gasteiger partial charge in [0.25, 0.3) is 0 Å². The van der Waals surface area contributed by atoms with Crippen LogP contribution in [0.4, 0.5) is 0 Å². The Hall–Kier alpha value is -6.04. The standard InChI is InChI=1S/C39H32OP2.C18H15P.C2H3N.Pd/c40-33(31-41(34-19-7-1-8-20-34,35-21-9-2-10-22-35)36-23-11-3-12-24-36)32-42(37-25-13-4-14-26-37,38-27-15-5-16-28-38)39-29-17-6-18-30-39;1-4-10-16(11-5-1)19(17-12-6-2-7-13-17)18-14-8-3-9-15-18;1-2-3;/h1-29,32H,31H2;1-15H;1H3;/q;;;+2/p+1. The van der Waals surface area contributed by atoms with Crippen LogP contribution in [0.3, 0.4) is 0 Å². The van der Waals surface area contributed by atoms with Crippen molar-refractivity contribution in [1.29, 1.82) is 5.26 Å². The molecule has 0 atom stereocenters. The average Bonchev–Trinajstić information content (AvgIpc) is 3.38. The Balaban J connectivity index is 0.000000253. The monoisotopic (exact) mass is 988 g/mol. The van der Waals surface area contributed by atoms with Gasteiger partial charge in [0.05, 0.1) is 14.0 Å². The number of carbonyl (C=O) groups is 1. The van der Waals surface area contributed by atoms with E-state index >= 15 is 0 Å². The van der Waals surface area contributed by atoms with E-state index in [-0.39, 0.29) is 26.2 Å². The van der Waals surface area contributed by atoms with Gasteiger partial charge in [-0.25, -0.2) is 0 Å². The van der Waals surface area contributed by atoms with E-state index in [1.165, 1.54) is 38.8 Å². The summed E-state index contributed by atoms with van der Waals surface area (Å²) in [6.07, 6.45) is 0.402. The van der Waals surface area contributed by atoms with E-state index in [1.54, 1.807) is 6.07 Å². The Morgan fingerprint density at radius 2 is 0.785 bits per heavy atom. The first-order chi connectivity index (χ1) is 31.6. The van der Waals surface area contributed by atoms with E-state index in [0.717, 1.165) is 15.9 Å². The van der Waals surface area contributed by atoms with Gasteiger partial charge in [0.2, 0.25) is 0 Å². The van der Waals surface area contributed by atoms with Crippen molar-refractivity contribution in [3.05, 3.63) is 273 Å². The molecule has 0 unspecified atom stereocenters. The summed E-state index contributed by atoms with van der Waals surface area (Å²) in [4.78, 5) is 14.9. The van der Waals surface area contributed by atoms with Crippen molar-refractivity contribution >= 4 is 81.4 Å². The van der Waals surface area contributed by atoms with Gasteiger partial charge in [-0.1, -0.05) is 170 Å². The topological polar surface area (TPSA) is 40.9 Å². The Labute approximate surface area is 401 Å². The summed E-state index contributed by atoms with van der Waals surface area (Å²) in [6, 6.07) is 98.8. The molecular formula is C59H51NOP3Pd+3. The zero-order chi connectivity index (χ0) is 44.3. The average molecular weight is 989 g/mol. The fourth-order valence-corrected chi connectivity index (χ4v) is 18.6. The third kappa shape index (κ3) is 11.8. The van der Waals surface area contributed by atoms with Crippen LogP contribution in [0.5, 0.6) is 0 Å². The molecule has 9 aromatic carbocycles. The fourth-order valence-electron chi connectivity index (χ4n) is 8.15. The molecule has 0 N–H and O–H groups in total. The van der Waals surface area contributed by atoms with Gasteiger partial charge >= 0.3 is 20.4 Å². The zero-order valence-electron chi connectivity index (χ0n) is 36.3. The van der Waals surface area contributed by atoms with E-state index in [0.29, 0.717) is 6.16 Å². The number of carbonyl (C=O) groups excluding carboxylic acids is 1. The number of Topliss-reactive ketones (excluding diaryl/α,β-unsaturated/α-hetero) is 1. The summed E-state index contributed by atoms with van der Waals surface area (Å²) in [6.45, 7) is -1.05. The summed E-state index contributed by atoms with van der Waals surface area (Å²) >= 11 is 0. The minimum absolute atomic E-state index is 0. The summed E-state index contributed by atoms with van der Waals surface area (Å²) in [5, 5.41) is 18.6. The van der Waals surface area contributed by atoms with Gasteiger partial charge in [0.15, 0.2) is 5.78 Å². The molecule has 0 fully saturated rings. The number of benzene rings is 9. The number of nitriles is 1. The van der Waals surface area contributed by atoms with Crippen LogP contribution in [0.1, 0.15) is 6.92 Å². The van der Waals surface area contributed by atoms with Crippen LogP contribution in [0.2, 0.25) is 0 Å². The Morgan fingerprint density at radius 3 is 1.09 bits per heavy atom. The van der Waals surface area contributed by atoms with Crippen molar-refractivity contribution < 1.29 is 25.2 Å². The predicted octanol–water partition coefficient (Wildman–Crippen LogP) is 9.85. The van der Waals surface area contributed by atoms with Gasteiger partial charge in [-0.3, -0.25) is 4.79 Å². The summed E-state index contributed by atoms with van der Waals surface area (Å²) in [5.41, 5.74) is 0. The quantitative estimate of drug-likeness (QED) is 0.0696. The SMILES string of the molecule is CC#N.O=C(C=P(c1[c-]cccc1)(c1ccccc1)c1ccccc1)C[P+](c1ccccc1)(c1ccccc1)c1ccccc1.[Pd+2].c1ccc([PH+](c2ccccc2)c2ccccc2)cc1. The largest absolute Gasteiger partial charge is 2.00 e. The first-order valence-corrected chi connectivity index (χ1v) is 26.7. The van der Waals surface area contributed by atoms with Gasteiger partial charge in [-0.2, -0.15) is 35.6 Å². The van der Waals surface area contributed by atoms with E-state index in [2.05, 4.69) is 255 Å². The molecular weight excluding hydrogens is 938 g/mol. The smallest absolute Gasteiger partial charge is 0.291 e. The predicted molar refractivity (Wildman–Crippen MR) is 283 cm³/mol. The minimum atomic E-state index is -2.48. The number of rotatable bonds is 12. The van der Waals surface area contributed by atoms with Crippen molar-refractivity contribution in [2.24, 2.45) is 0 Å². The second-order valence-corrected chi connectivity index (χ2v) is 24.1. The maximum absolute atomic E-state index is 14.9. The third-order valence-electron chi connectivity index (χ3n) is 10.9. The van der Waals surface area contributed by atoms with Crippen LogP contribution in [0.15, 0.2) is 267 Å². The van der Waals surface area contributed by atoms with Gasteiger partial charge < -0.3 is 0 Å². The molecule has 0 spiro atoms. The van der Waals surface area contributed by atoms with Gasteiger partial charge in [0, 0.05) is 6.92 Å². The Kier molecular flexibility index (Phi) is 18.5. The summed E-state index contributed by atoms with van der Waals surface area (Å²) in [5.74, 6) is 2.23. The number of hydrogen-bond acceptors (Lipinski definition) is 2. The molecule has 0 aliphatic carbocycles. The summed E-state index contributed by atoms with van der Waals surface area (Å²) in [7, 11) is -3.22. The van der Waals surface area contributed by atoms with Crippen LogP contribution in [0, 0.1) is 17.4 Å². The fraction of sp³-hybridized carbons (Fsp3) is 0.0339. The van der Waals surface area contributed by atoms with Gasteiger partial charge in [-0.15, -0.1) is 5.30 Å². The molecule has 0 amide bonds. The van der Waals surface area contributed by atoms with E-state index in [9.17, 15) is 4.79 Å². The minimum Gasteiger partial charge on any atom is -0.291 e. The Morgan fingerprint density at radius 1 is 0.492 bits per heavy atom. The van der Waals surface area contributed by atoms with Crippen LogP contribution < -0.4 is 47.7 Å². The van der Waals surface area contributed by atoms with Crippen molar-refractivity contribution in [3.63, 3.8) is 0 Å². The van der Waals surface area contributed by atoms with Gasteiger partial charge in [0.1, 0.15) is 45.3 Å². The van der Waals surface area contributed by atoms with E-state index in [1.807, 2.05) is 24.3 Å². The molecule has 0 radical (unpaired) electrons. The third-order valence-corrected chi connectivity index (χ3v) is 21.9. The van der Waals surface area contributed by atoms with Crippen molar-refractivity contribution in [2.75, 3.05) is 6.16 Å². The van der Waals surface area contributed by atoms with Crippen LogP contribution in [0.25, 0.3) is 0 Å². The Bertz CT molecular complexity index is 2570. The van der Waals surface area contributed by atoms with Gasteiger partial charge in [-0.05, 0) is 96.1 Å². The van der Waals surface area contributed by atoms with Crippen molar-refractivity contribution in [1.82, 2.24) is 0 Å². The molecule has 6 heteroatoms. The molecule has 0 aromatic heterocycles. The van der Waals surface area contributed by atoms with Crippen molar-refractivity contribution in [3.8, 4) is 6.07 Å². The van der Waals surface area contributed by atoms with Crippen LogP contribution >= 0.6 is 22.1 Å². The number of nitrogens with zero attached hydrogens (tertiary/aromatic N) is 1. The molecule has 0 heterocycles. The maximum atomic E-state index is 14.9. The van der Waals surface area contributed by atoms with Crippen molar-refractivity contribution in [2.45, 2.75) is 6.92 Å². The molecule has 9 aromatic rings. The molecule has 0 bridgehead atoms. The molecule has 2 nitrogen and oxygen atoms in total. The second kappa shape index (κ2) is 24.9. The molecule has 0 aliphatic rings. The van der Waals surface area contributed by atoms with Crippen LogP contribution in [-0.2, 0) is 25.2 Å². The summed E-state index contributed by atoms with van der Waals surface area (Å²) < 4.78 is 0. The molecule has 65 heavy (non-hydrogen) atoms. The molecule has 0 saturated carbocycles. The molecule has 320 valence electrons. The first kappa shape index (κ1) is 48.4. The van der Waals surface area contributed by atoms with E-state index in [4.69, 9.17) is 5.26 Å². The van der Waals surface area contributed by atoms with Crippen LogP contribution in [-0.4, -0.2) is 17.7 Å². The molecule has 0 saturated heterocycles. The number of ketones is 1. The molecule has 9 rings (SSSR count). The number of hydrogen-bond donors (Lipinski definition) is 0. The first-order valence-electron chi connectivity index (χ1n) is 21.3. The van der Waals surface area contributed by atoms with E-state index < -0.39 is 22.1 Å². The second-order valence-electron chi connectivity index (χ2n) is 14.9. The molecule has 0 aliphatic heterocycles. The normalized spacial score (nSPS) is 10.7. The maximum Gasteiger partial charge on any atom is 2.00 e.